The molecular formula is C18H16ClN3OS2. The van der Waals surface area contributed by atoms with Crippen LogP contribution in [0.2, 0.25) is 5.02 Å². The van der Waals surface area contributed by atoms with E-state index in [0.29, 0.717) is 18.1 Å². The first-order valence-corrected chi connectivity index (χ1v) is 10.1. The van der Waals surface area contributed by atoms with Gasteiger partial charge in [-0.15, -0.1) is 11.3 Å². The summed E-state index contributed by atoms with van der Waals surface area (Å²) in [5.41, 5.74) is 0.863. The number of amides is 1. The Morgan fingerprint density at radius 3 is 2.72 bits per heavy atom. The number of thiazole rings is 1. The summed E-state index contributed by atoms with van der Waals surface area (Å²) in [4.78, 5) is 22.2. The summed E-state index contributed by atoms with van der Waals surface area (Å²) in [6.45, 7) is 2.99. The Kier molecular flexibility index (Phi) is 4.74. The molecule has 3 heterocycles. The summed E-state index contributed by atoms with van der Waals surface area (Å²) in [5, 5.41) is 3.67. The van der Waals surface area contributed by atoms with E-state index < -0.39 is 0 Å². The zero-order chi connectivity index (χ0) is 17.2. The molecule has 0 bridgehead atoms. The van der Waals surface area contributed by atoms with Crippen molar-refractivity contribution < 1.29 is 4.79 Å². The average molecular weight is 390 g/mol. The minimum Gasteiger partial charge on any atom is -0.345 e. The van der Waals surface area contributed by atoms with Crippen molar-refractivity contribution in [2.75, 3.05) is 31.1 Å². The maximum atomic E-state index is 12.3. The van der Waals surface area contributed by atoms with Crippen LogP contribution in [0.3, 0.4) is 0 Å². The SMILES string of the molecule is O=C(/C=C/c1cccs1)N1CCN(c2nc3c(Cl)cccc3s2)CC1. The molecule has 4 rings (SSSR count). The number of benzene rings is 1. The molecule has 0 spiro atoms. The molecule has 0 atom stereocenters. The van der Waals surface area contributed by atoms with Gasteiger partial charge in [0, 0.05) is 37.1 Å². The number of para-hydroxylation sites is 1. The minimum absolute atomic E-state index is 0.0698. The van der Waals surface area contributed by atoms with Crippen LogP contribution in [0.5, 0.6) is 0 Å². The molecule has 1 aliphatic rings. The molecule has 1 aliphatic heterocycles. The highest BCUT2D eigenvalue weighted by molar-refractivity contribution is 7.22. The van der Waals surface area contributed by atoms with Crippen molar-refractivity contribution in [3.63, 3.8) is 0 Å². The van der Waals surface area contributed by atoms with Crippen molar-refractivity contribution in [2.24, 2.45) is 0 Å². The summed E-state index contributed by atoms with van der Waals surface area (Å²) in [6, 6.07) is 9.84. The molecule has 0 unspecified atom stereocenters. The second-order valence-electron chi connectivity index (χ2n) is 5.74. The maximum Gasteiger partial charge on any atom is 0.246 e. The van der Waals surface area contributed by atoms with Crippen molar-refractivity contribution in [1.29, 1.82) is 0 Å². The fourth-order valence-corrected chi connectivity index (χ4v) is 4.74. The van der Waals surface area contributed by atoms with Gasteiger partial charge in [-0.3, -0.25) is 4.79 Å². The molecule has 0 aliphatic carbocycles. The molecule has 1 fully saturated rings. The highest BCUT2D eigenvalue weighted by atomic mass is 35.5. The Morgan fingerprint density at radius 1 is 1.16 bits per heavy atom. The Balaban J connectivity index is 1.40. The molecule has 7 heteroatoms. The molecule has 0 saturated carbocycles. The van der Waals surface area contributed by atoms with Crippen molar-refractivity contribution in [3.05, 3.63) is 51.7 Å². The predicted octanol–water partition coefficient (Wildman–Crippen LogP) is 4.37. The second kappa shape index (κ2) is 7.15. The fraction of sp³-hybridized carbons (Fsp3) is 0.222. The van der Waals surface area contributed by atoms with Gasteiger partial charge < -0.3 is 9.80 Å². The number of anilines is 1. The number of carbonyl (C=O) groups excluding carboxylic acids is 1. The van der Waals surface area contributed by atoms with Gasteiger partial charge in [0.05, 0.1) is 9.72 Å². The lowest BCUT2D eigenvalue weighted by Crippen LogP contribution is -2.48. The summed E-state index contributed by atoms with van der Waals surface area (Å²) in [7, 11) is 0. The van der Waals surface area contributed by atoms with Crippen LogP contribution in [0.1, 0.15) is 4.88 Å². The third-order valence-electron chi connectivity index (χ3n) is 4.15. The van der Waals surface area contributed by atoms with E-state index in [9.17, 15) is 4.79 Å². The van der Waals surface area contributed by atoms with Gasteiger partial charge in [-0.25, -0.2) is 4.98 Å². The largest absolute Gasteiger partial charge is 0.345 e. The van der Waals surface area contributed by atoms with Crippen LogP contribution in [0, 0.1) is 0 Å². The van der Waals surface area contributed by atoms with Gasteiger partial charge in [0.15, 0.2) is 5.13 Å². The molecule has 4 nitrogen and oxygen atoms in total. The molecule has 0 N–H and O–H groups in total. The lowest BCUT2D eigenvalue weighted by Gasteiger charge is -2.34. The van der Waals surface area contributed by atoms with Crippen LogP contribution >= 0.6 is 34.3 Å². The third-order valence-corrected chi connectivity index (χ3v) is 6.38. The number of thiophene rings is 1. The summed E-state index contributed by atoms with van der Waals surface area (Å²) in [6.07, 6.45) is 3.55. The number of halogens is 1. The van der Waals surface area contributed by atoms with E-state index in [2.05, 4.69) is 9.88 Å². The number of aromatic nitrogens is 1. The standard InChI is InChI=1S/C18H16ClN3OS2/c19-14-4-1-5-15-17(14)20-18(25-15)22-10-8-21(9-11-22)16(23)7-6-13-3-2-12-24-13/h1-7,12H,8-11H2/b7-6+. The van der Waals surface area contributed by atoms with Gasteiger partial charge in [-0.05, 0) is 29.7 Å². The van der Waals surface area contributed by atoms with E-state index in [-0.39, 0.29) is 5.91 Å². The van der Waals surface area contributed by atoms with Crippen LogP contribution in [0.4, 0.5) is 5.13 Å². The van der Waals surface area contributed by atoms with Gasteiger partial charge in [0.1, 0.15) is 5.52 Å². The van der Waals surface area contributed by atoms with Crippen molar-refractivity contribution >= 4 is 61.6 Å². The van der Waals surface area contributed by atoms with E-state index in [1.54, 1.807) is 28.7 Å². The van der Waals surface area contributed by atoms with Gasteiger partial charge in [0.25, 0.3) is 0 Å². The Hall–Kier alpha value is -1.89. The van der Waals surface area contributed by atoms with E-state index in [0.717, 1.165) is 33.3 Å². The number of rotatable bonds is 3. The number of hydrogen-bond donors (Lipinski definition) is 0. The first-order valence-electron chi connectivity index (χ1n) is 8.01. The number of hydrogen-bond acceptors (Lipinski definition) is 5. The summed E-state index contributed by atoms with van der Waals surface area (Å²) >= 11 is 9.50. The van der Waals surface area contributed by atoms with Gasteiger partial charge in [0.2, 0.25) is 5.91 Å². The lowest BCUT2D eigenvalue weighted by atomic mass is 10.3. The Morgan fingerprint density at radius 2 is 2.00 bits per heavy atom. The molecule has 25 heavy (non-hydrogen) atoms. The van der Waals surface area contributed by atoms with Gasteiger partial charge in [-0.2, -0.15) is 0 Å². The fourth-order valence-electron chi connectivity index (χ4n) is 2.80. The molecule has 1 aromatic carbocycles. The maximum absolute atomic E-state index is 12.3. The van der Waals surface area contributed by atoms with Gasteiger partial charge >= 0.3 is 0 Å². The average Bonchev–Trinajstić information content (AvgIpc) is 3.30. The summed E-state index contributed by atoms with van der Waals surface area (Å²) in [5.74, 6) is 0.0698. The lowest BCUT2D eigenvalue weighted by molar-refractivity contribution is -0.126. The smallest absolute Gasteiger partial charge is 0.246 e. The zero-order valence-electron chi connectivity index (χ0n) is 13.4. The zero-order valence-corrected chi connectivity index (χ0v) is 15.8. The van der Waals surface area contributed by atoms with E-state index in [4.69, 9.17) is 11.6 Å². The Bertz CT molecular complexity index is 912. The number of fused-ring (bicyclic) bond motifs is 1. The number of piperazine rings is 1. The molecule has 1 saturated heterocycles. The molecule has 1 amide bonds. The predicted molar refractivity (Wildman–Crippen MR) is 107 cm³/mol. The topological polar surface area (TPSA) is 36.4 Å². The van der Waals surface area contributed by atoms with Crippen LogP contribution < -0.4 is 4.90 Å². The minimum atomic E-state index is 0.0698. The molecule has 2 aromatic heterocycles. The quantitative estimate of drug-likeness (QED) is 0.624. The monoisotopic (exact) mass is 389 g/mol. The molecule has 0 radical (unpaired) electrons. The first kappa shape index (κ1) is 16.6. The van der Waals surface area contributed by atoms with Crippen LogP contribution in [0.25, 0.3) is 16.3 Å². The van der Waals surface area contributed by atoms with E-state index >= 15 is 0 Å². The molecular weight excluding hydrogens is 374 g/mol. The first-order chi connectivity index (χ1) is 12.2. The number of carbonyl (C=O) groups is 1. The number of nitrogens with zero attached hydrogens (tertiary/aromatic N) is 3. The normalized spacial score (nSPS) is 15.4. The highest BCUT2D eigenvalue weighted by Gasteiger charge is 2.22. The van der Waals surface area contributed by atoms with Crippen LogP contribution in [-0.2, 0) is 4.79 Å². The van der Waals surface area contributed by atoms with Crippen molar-refractivity contribution in [2.45, 2.75) is 0 Å². The summed E-state index contributed by atoms with van der Waals surface area (Å²) < 4.78 is 1.10. The molecule has 3 aromatic rings. The highest BCUT2D eigenvalue weighted by Crippen LogP contribution is 2.33. The van der Waals surface area contributed by atoms with E-state index in [1.165, 1.54) is 0 Å². The van der Waals surface area contributed by atoms with E-state index in [1.807, 2.05) is 46.7 Å². The third kappa shape index (κ3) is 3.56. The Labute approximate surface area is 159 Å². The van der Waals surface area contributed by atoms with Crippen molar-refractivity contribution in [3.8, 4) is 0 Å². The van der Waals surface area contributed by atoms with Crippen LogP contribution in [0.15, 0.2) is 41.8 Å². The second-order valence-corrected chi connectivity index (χ2v) is 8.14. The van der Waals surface area contributed by atoms with Gasteiger partial charge in [-0.1, -0.05) is 35.1 Å². The van der Waals surface area contributed by atoms with Crippen molar-refractivity contribution in [1.82, 2.24) is 9.88 Å². The van der Waals surface area contributed by atoms with Crippen LogP contribution in [-0.4, -0.2) is 42.0 Å². The molecule has 128 valence electrons.